The summed E-state index contributed by atoms with van der Waals surface area (Å²) in [4.78, 5) is 5.04. The number of rotatable bonds is 17. The number of para-hydroxylation sites is 1. The summed E-state index contributed by atoms with van der Waals surface area (Å²) >= 11 is 1.83. The molecule has 216 valence electrons. The number of unbranched alkanes of at least 4 members (excludes halogenated alkanes) is 13. The molecular weight excluding hydrogens is 518 g/mol. The van der Waals surface area contributed by atoms with Gasteiger partial charge in [0.05, 0.1) is 23.0 Å². The minimum atomic E-state index is 0.644. The van der Waals surface area contributed by atoms with Crippen molar-refractivity contribution >= 4 is 40.5 Å². The normalized spacial score (nSPS) is 12.6. The fourth-order valence-corrected chi connectivity index (χ4v) is 6.80. The van der Waals surface area contributed by atoms with Gasteiger partial charge in [0.2, 0.25) is 0 Å². The molecule has 0 atom stereocenters. The first-order valence-electron chi connectivity index (χ1n) is 15.9. The molecule has 1 aliphatic heterocycles. The molecule has 0 saturated carbocycles. The molecule has 0 bridgehead atoms. The smallest absolute Gasteiger partial charge is 0.0998 e. The minimum absolute atomic E-state index is 0.644. The second-order valence-electron chi connectivity index (χ2n) is 11.3. The van der Waals surface area contributed by atoms with Crippen molar-refractivity contribution in [2.45, 2.75) is 107 Å². The highest BCUT2D eigenvalue weighted by atomic mass is 32.2. The highest BCUT2D eigenvalue weighted by molar-refractivity contribution is 7.99. The van der Waals surface area contributed by atoms with E-state index in [0.29, 0.717) is 11.3 Å². The maximum Gasteiger partial charge on any atom is 0.0998 e. The zero-order valence-corrected chi connectivity index (χ0v) is 25.7. The molecule has 0 aromatic heterocycles. The summed E-state index contributed by atoms with van der Waals surface area (Å²) in [5.74, 6) is 0. The monoisotopic (exact) mass is 565 g/mol. The van der Waals surface area contributed by atoms with Crippen molar-refractivity contribution in [2.24, 2.45) is 0 Å². The van der Waals surface area contributed by atoms with E-state index in [9.17, 15) is 5.26 Å². The van der Waals surface area contributed by atoms with E-state index in [2.05, 4.69) is 60.4 Å². The van der Waals surface area contributed by atoms with Crippen LogP contribution in [-0.2, 0) is 0 Å². The summed E-state index contributed by atoms with van der Waals surface area (Å²) in [6.07, 6.45) is 21.3. The Kier molecular flexibility index (Phi) is 12.7. The standard InChI is InChI=1S/C37H47N3S/c1-2-3-4-5-6-7-8-9-10-11-12-13-14-17-26-40-34-18-15-16-19-36(34)41-37-28-30(20-25-35(37)40)27-32(29-38)31-21-23-33(39)24-22-31/h15-16,18-25,27-28H,2-14,17,26,39H2,1H3/b32-27+. The predicted molar refractivity (Wildman–Crippen MR) is 179 cm³/mol. The van der Waals surface area contributed by atoms with Crippen LogP contribution in [0.5, 0.6) is 0 Å². The molecule has 2 N–H and O–H groups in total. The van der Waals surface area contributed by atoms with Crippen LogP contribution in [0.15, 0.2) is 76.5 Å². The van der Waals surface area contributed by atoms with Gasteiger partial charge in [-0.15, -0.1) is 0 Å². The molecule has 0 aliphatic carbocycles. The predicted octanol–water partition coefficient (Wildman–Crippen LogP) is 11.4. The van der Waals surface area contributed by atoms with Crippen molar-refractivity contribution in [3.05, 3.63) is 77.9 Å². The molecule has 0 fully saturated rings. The molecule has 41 heavy (non-hydrogen) atoms. The highest BCUT2D eigenvalue weighted by Gasteiger charge is 2.23. The highest BCUT2D eigenvalue weighted by Crippen LogP contribution is 2.48. The Morgan fingerprint density at radius 1 is 0.732 bits per heavy atom. The van der Waals surface area contributed by atoms with Crippen LogP contribution in [0.2, 0.25) is 0 Å². The Balaban J connectivity index is 1.28. The van der Waals surface area contributed by atoms with Gasteiger partial charge in [0.15, 0.2) is 0 Å². The van der Waals surface area contributed by atoms with Gasteiger partial charge in [-0.1, -0.05) is 132 Å². The summed E-state index contributed by atoms with van der Waals surface area (Å²) in [6, 6.07) is 25.2. The molecule has 4 heteroatoms. The number of benzene rings is 3. The van der Waals surface area contributed by atoms with Gasteiger partial charge in [0.25, 0.3) is 0 Å². The average Bonchev–Trinajstić information content (AvgIpc) is 3.00. The molecule has 0 amide bonds. The largest absolute Gasteiger partial charge is 0.399 e. The topological polar surface area (TPSA) is 53.0 Å². The van der Waals surface area contributed by atoms with E-state index in [1.54, 1.807) is 0 Å². The lowest BCUT2D eigenvalue weighted by Crippen LogP contribution is -2.22. The number of nitrogens with zero attached hydrogens (tertiary/aromatic N) is 2. The van der Waals surface area contributed by atoms with Crippen molar-refractivity contribution in [3.63, 3.8) is 0 Å². The molecule has 0 unspecified atom stereocenters. The maximum atomic E-state index is 9.81. The summed E-state index contributed by atoms with van der Waals surface area (Å²) in [5, 5.41) is 9.81. The van der Waals surface area contributed by atoms with Gasteiger partial charge < -0.3 is 10.6 Å². The molecule has 3 aromatic rings. The summed E-state index contributed by atoms with van der Waals surface area (Å²) < 4.78 is 0. The van der Waals surface area contributed by atoms with Crippen molar-refractivity contribution in [3.8, 4) is 6.07 Å². The Morgan fingerprint density at radius 2 is 1.32 bits per heavy atom. The zero-order valence-electron chi connectivity index (χ0n) is 24.9. The van der Waals surface area contributed by atoms with Gasteiger partial charge in [-0.25, -0.2) is 0 Å². The quantitative estimate of drug-likeness (QED) is 0.0765. The van der Waals surface area contributed by atoms with E-state index < -0.39 is 0 Å². The third-order valence-electron chi connectivity index (χ3n) is 8.04. The van der Waals surface area contributed by atoms with Crippen LogP contribution in [0.1, 0.15) is 108 Å². The molecule has 0 spiro atoms. The molecule has 3 aromatic carbocycles. The molecule has 1 heterocycles. The van der Waals surface area contributed by atoms with Crippen molar-refractivity contribution in [2.75, 3.05) is 17.2 Å². The van der Waals surface area contributed by atoms with Crippen molar-refractivity contribution in [1.82, 2.24) is 0 Å². The summed E-state index contributed by atoms with van der Waals surface area (Å²) in [7, 11) is 0. The lowest BCUT2D eigenvalue weighted by molar-refractivity contribution is 0.536. The van der Waals surface area contributed by atoms with Crippen LogP contribution in [0.25, 0.3) is 11.6 Å². The number of anilines is 3. The van der Waals surface area contributed by atoms with Crippen LogP contribution < -0.4 is 10.6 Å². The number of hydrogen-bond acceptors (Lipinski definition) is 4. The number of nitrogen functional groups attached to an aromatic ring is 1. The summed E-state index contributed by atoms with van der Waals surface area (Å²) in [6.45, 7) is 3.32. The number of hydrogen-bond donors (Lipinski definition) is 1. The second-order valence-corrected chi connectivity index (χ2v) is 12.4. The van der Waals surface area contributed by atoms with E-state index in [-0.39, 0.29) is 0 Å². The van der Waals surface area contributed by atoms with Crippen LogP contribution in [0, 0.1) is 11.3 Å². The van der Waals surface area contributed by atoms with Gasteiger partial charge in [-0.3, -0.25) is 0 Å². The first-order valence-corrected chi connectivity index (χ1v) is 16.7. The van der Waals surface area contributed by atoms with Crippen LogP contribution >= 0.6 is 11.8 Å². The number of fused-ring (bicyclic) bond motifs is 2. The Morgan fingerprint density at radius 3 is 1.95 bits per heavy atom. The maximum absolute atomic E-state index is 9.81. The van der Waals surface area contributed by atoms with E-state index in [4.69, 9.17) is 5.73 Å². The first kappa shape index (κ1) is 30.8. The number of nitriles is 1. The van der Waals surface area contributed by atoms with E-state index in [1.807, 2.05) is 42.1 Å². The minimum Gasteiger partial charge on any atom is -0.399 e. The van der Waals surface area contributed by atoms with E-state index >= 15 is 0 Å². The Bertz CT molecular complexity index is 1290. The summed E-state index contributed by atoms with van der Waals surface area (Å²) in [5.41, 5.74) is 11.7. The van der Waals surface area contributed by atoms with E-state index in [1.165, 1.54) is 111 Å². The Labute approximate surface area is 252 Å². The molecular formula is C37H47N3S. The lowest BCUT2D eigenvalue weighted by Gasteiger charge is -2.33. The number of allylic oxidation sites excluding steroid dienone is 1. The molecule has 4 rings (SSSR count). The molecule has 1 aliphatic rings. The number of nitrogens with two attached hydrogens (primary N) is 1. The lowest BCUT2D eigenvalue weighted by atomic mass is 10.0. The first-order chi connectivity index (χ1) is 20.2. The average molecular weight is 566 g/mol. The van der Waals surface area contributed by atoms with Crippen LogP contribution in [0.3, 0.4) is 0 Å². The van der Waals surface area contributed by atoms with Gasteiger partial charge in [-0.2, -0.15) is 5.26 Å². The molecule has 3 nitrogen and oxygen atoms in total. The van der Waals surface area contributed by atoms with Gasteiger partial charge in [-0.05, 0) is 60.0 Å². The molecule has 0 saturated heterocycles. The Hall–Kier alpha value is -3.16. The van der Waals surface area contributed by atoms with Crippen LogP contribution in [0.4, 0.5) is 17.1 Å². The van der Waals surface area contributed by atoms with Crippen molar-refractivity contribution < 1.29 is 0 Å². The van der Waals surface area contributed by atoms with Gasteiger partial charge >= 0.3 is 0 Å². The second kappa shape index (κ2) is 16.9. The third kappa shape index (κ3) is 9.44. The third-order valence-corrected chi connectivity index (χ3v) is 9.15. The van der Waals surface area contributed by atoms with E-state index in [0.717, 1.165) is 17.7 Å². The fraction of sp³-hybridized carbons (Fsp3) is 0.432. The van der Waals surface area contributed by atoms with Crippen molar-refractivity contribution in [1.29, 1.82) is 5.26 Å². The fourth-order valence-electron chi connectivity index (χ4n) is 5.65. The van der Waals surface area contributed by atoms with Gasteiger partial charge in [0, 0.05) is 22.0 Å². The van der Waals surface area contributed by atoms with Crippen LogP contribution in [-0.4, -0.2) is 6.54 Å². The zero-order chi connectivity index (χ0) is 28.7. The molecule has 0 radical (unpaired) electrons. The van der Waals surface area contributed by atoms with Gasteiger partial charge in [0.1, 0.15) is 0 Å². The SMILES string of the molecule is CCCCCCCCCCCCCCCCN1c2ccccc2Sc2cc(/C=C(\C#N)c3ccc(N)cc3)ccc21.